The summed E-state index contributed by atoms with van der Waals surface area (Å²) in [5.74, 6) is 0.193. The van der Waals surface area contributed by atoms with E-state index in [1.807, 2.05) is 0 Å². The number of nitrogens with one attached hydrogen (secondary N) is 1. The van der Waals surface area contributed by atoms with Crippen LogP contribution in [0.5, 0.6) is 0 Å². The predicted molar refractivity (Wildman–Crippen MR) is 56.2 cm³/mol. The normalized spacial score (nSPS) is 22.3. The van der Waals surface area contributed by atoms with Crippen molar-refractivity contribution in [1.82, 2.24) is 5.32 Å². The maximum atomic E-state index is 13.7. The molecule has 0 saturated carbocycles. The van der Waals surface area contributed by atoms with E-state index in [-0.39, 0.29) is 11.5 Å². The minimum absolute atomic E-state index is 0.00943. The predicted octanol–water partition coefficient (Wildman–Crippen LogP) is 2.14. The smallest absolute Gasteiger partial charge is 0.115 e. The van der Waals surface area contributed by atoms with E-state index < -0.39 is 6.17 Å². The molecule has 1 aliphatic heterocycles. The van der Waals surface area contributed by atoms with Crippen molar-refractivity contribution in [3.63, 3.8) is 0 Å². The van der Waals surface area contributed by atoms with Crippen LogP contribution in [0.25, 0.3) is 0 Å². The maximum Gasteiger partial charge on any atom is 0.115 e. The number of alkyl halides is 1. The fraction of sp³-hybridized carbons (Fsp3) is 1.00. The van der Waals surface area contributed by atoms with E-state index in [4.69, 9.17) is 4.74 Å². The van der Waals surface area contributed by atoms with Gasteiger partial charge in [0.05, 0.1) is 0 Å². The molecule has 1 aliphatic rings. The van der Waals surface area contributed by atoms with Gasteiger partial charge in [-0.1, -0.05) is 0 Å². The summed E-state index contributed by atoms with van der Waals surface area (Å²) in [6.45, 7) is 8.09. The van der Waals surface area contributed by atoms with Gasteiger partial charge in [0.2, 0.25) is 0 Å². The first kappa shape index (κ1) is 11.9. The van der Waals surface area contributed by atoms with Crippen molar-refractivity contribution in [2.24, 2.45) is 5.92 Å². The molecule has 0 aromatic rings. The van der Waals surface area contributed by atoms with Crippen LogP contribution in [0.3, 0.4) is 0 Å². The van der Waals surface area contributed by atoms with Crippen LogP contribution in [0, 0.1) is 5.92 Å². The second kappa shape index (κ2) is 5.08. The molecule has 84 valence electrons. The SMILES string of the molecule is CC(C)(C)NCC(F)C1CCOCC1. The number of hydrogen-bond donors (Lipinski definition) is 1. The zero-order valence-corrected chi connectivity index (χ0v) is 9.48. The van der Waals surface area contributed by atoms with Crippen molar-refractivity contribution in [2.75, 3.05) is 19.8 Å². The number of rotatable bonds is 3. The third kappa shape index (κ3) is 4.38. The summed E-state index contributed by atoms with van der Waals surface area (Å²) in [4.78, 5) is 0. The van der Waals surface area contributed by atoms with Crippen molar-refractivity contribution in [3.8, 4) is 0 Å². The summed E-state index contributed by atoms with van der Waals surface area (Å²) < 4.78 is 18.9. The summed E-state index contributed by atoms with van der Waals surface area (Å²) in [5.41, 5.74) is 0.00943. The van der Waals surface area contributed by atoms with E-state index in [2.05, 4.69) is 26.1 Å². The molecule has 14 heavy (non-hydrogen) atoms. The molecule has 0 bridgehead atoms. The molecule has 1 fully saturated rings. The molecule has 1 heterocycles. The Morgan fingerprint density at radius 3 is 2.43 bits per heavy atom. The second-order valence-electron chi connectivity index (χ2n) is 5.10. The van der Waals surface area contributed by atoms with Gasteiger partial charge in [0.25, 0.3) is 0 Å². The van der Waals surface area contributed by atoms with Gasteiger partial charge in [-0.3, -0.25) is 0 Å². The molecule has 1 unspecified atom stereocenters. The molecule has 0 radical (unpaired) electrons. The van der Waals surface area contributed by atoms with Gasteiger partial charge in [0.1, 0.15) is 6.17 Å². The Hall–Kier alpha value is -0.150. The average Bonchev–Trinajstić information content (AvgIpc) is 2.14. The highest BCUT2D eigenvalue weighted by atomic mass is 19.1. The Labute approximate surface area is 86.2 Å². The second-order valence-corrected chi connectivity index (χ2v) is 5.10. The first-order chi connectivity index (χ1) is 6.49. The Morgan fingerprint density at radius 1 is 1.36 bits per heavy atom. The fourth-order valence-electron chi connectivity index (χ4n) is 1.65. The van der Waals surface area contributed by atoms with E-state index in [1.54, 1.807) is 0 Å². The van der Waals surface area contributed by atoms with Crippen LogP contribution in [0.2, 0.25) is 0 Å². The van der Waals surface area contributed by atoms with Crippen LogP contribution in [0.4, 0.5) is 4.39 Å². The van der Waals surface area contributed by atoms with Gasteiger partial charge in [0, 0.05) is 25.3 Å². The average molecular weight is 203 g/mol. The molecule has 1 saturated heterocycles. The van der Waals surface area contributed by atoms with Crippen LogP contribution >= 0.6 is 0 Å². The van der Waals surface area contributed by atoms with Gasteiger partial charge in [-0.15, -0.1) is 0 Å². The number of hydrogen-bond acceptors (Lipinski definition) is 2. The van der Waals surface area contributed by atoms with E-state index in [1.165, 1.54) is 0 Å². The van der Waals surface area contributed by atoms with Gasteiger partial charge < -0.3 is 10.1 Å². The standard InChI is InChI=1S/C11H22FNO/c1-11(2,3)13-8-10(12)9-4-6-14-7-5-9/h9-10,13H,4-8H2,1-3H3. The minimum atomic E-state index is -0.724. The molecule has 3 heteroatoms. The lowest BCUT2D eigenvalue weighted by molar-refractivity contribution is 0.0356. The summed E-state index contributed by atoms with van der Waals surface area (Å²) in [6.07, 6.45) is 1.01. The van der Waals surface area contributed by atoms with Gasteiger partial charge in [-0.05, 0) is 39.5 Å². The van der Waals surface area contributed by atoms with Crippen molar-refractivity contribution >= 4 is 0 Å². The lowest BCUT2D eigenvalue weighted by Crippen LogP contribution is -2.42. The van der Waals surface area contributed by atoms with Gasteiger partial charge in [-0.25, -0.2) is 4.39 Å². The van der Waals surface area contributed by atoms with Gasteiger partial charge >= 0.3 is 0 Å². The van der Waals surface area contributed by atoms with Gasteiger partial charge in [-0.2, -0.15) is 0 Å². The first-order valence-electron chi connectivity index (χ1n) is 5.46. The van der Waals surface area contributed by atoms with E-state index >= 15 is 0 Å². The zero-order valence-electron chi connectivity index (χ0n) is 9.48. The van der Waals surface area contributed by atoms with Crippen LogP contribution in [0.15, 0.2) is 0 Å². The third-order valence-electron chi connectivity index (χ3n) is 2.60. The minimum Gasteiger partial charge on any atom is -0.381 e. The maximum absolute atomic E-state index is 13.7. The molecule has 2 nitrogen and oxygen atoms in total. The van der Waals surface area contributed by atoms with Crippen molar-refractivity contribution < 1.29 is 9.13 Å². The molecule has 0 spiro atoms. The van der Waals surface area contributed by atoms with Crippen molar-refractivity contribution in [2.45, 2.75) is 45.3 Å². The van der Waals surface area contributed by atoms with Crippen LogP contribution in [0.1, 0.15) is 33.6 Å². The Kier molecular flexibility index (Phi) is 4.32. The highest BCUT2D eigenvalue weighted by Crippen LogP contribution is 2.21. The van der Waals surface area contributed by atoms with E-state index in [9.17, 15) is 4.39 Å². The third-order valence-corrected chi connectivity index (χ3v) is 2.60. The van der Waals surface area contributed by atoms with Crippen LogP contribution < -0.4 is 5.32 Å². The van der Waals surface area contributed by atoms with Crippen LogP contribution in [-0.4, -0.2) is 31.5 Å². The molecular formula is C11H22FNO. The molecule has 0 aromatic carbocycles. The molecule has 1 rings (SSSR count). The molecular weight excluding hydrogens is 181 g/mol. The van der Waals surface area contributed by atoms with E-state index in [0.717, 1.165) is 26.1 Å². The molecule has 1 N–H and O–H groups in total. The first-order valence-corrected chi connectivity index (χ1v) is 5.46. The van der Waals surface area contributed by atoms with Crippen molar-refractivity contribution in [1.29, 1.82) is 0 Å². The number of ether oxygens (including phenoxy) is 1. The number of halogens is 1. The largest absolute Gasteiger partial charge is 0.381 e. The lowest BCUT2D eigenvalue weighted by atomic mass is 9.94. The zero-order chi connectivity index (χ0) is 10.6. The summed E-state index contributed by atoms with van der Waals surface area (Å²) in [6, 6.07) is 0. The lowest BCUT2D eigenvalue weighted by Gasteiger charge is -2.28. The van der Waals surface area contributed by atoms with Crippen LogP contribution in [-0.2, 0) is 4.74 Å². The summed E-state index contributed by atoms with van der Waals surface area (Å²) in [5, 5.41) is 3.20. The molecule has 0 amide bonds. The Morgan fingerprint density at radius 2 is 1.93 bits per heavy atom. The summed E-state index contributed by atoms with van der Waals surface area (Å²) >= 11 is 0. The Balaban J connectivity index is 2.23. The molecule has 0 aromatic heterocycles. The topological polar surface area (TPSA) is 21.3 Å². The monoisotopic (exact) mass is 203 g/mol. The highest BCUT2D eigenvalue weighted by Gasteiger charge is 2.24. The van der Waals surface area contributed by atoms with Crippen molar-refractivity contribution in [3.05, 3.63) is 0 Å². The summed E-state index contributed by atoms with van der Waals surface area (Å²) in [7, 11) is 0. The molecule has 1 atom stereocenters. The quantitative estimate of drug-likeness (QED) is 0.758. The fourth-order valence-corrected chi connectivity index (χ4v) is 1.65. The highest BCUT2D eigenvalue weighted by molar-refractivity contribution is 4.78. The molecule has 0 aliphatic carbocycles. The van der Waals surface area contributed by atoms with Gasteiger partial charge in [0.15, 0.2) is 0 Å². The Bertz CT molecular complexity index is 161. The van der Waals surface area contributed by atoms with E-state index in [0.29, 0.717) is 6.54 Å².